The van der Waals surface area contributed by atoms with Crippen LogP contribution in [0.5, 0.6) is 0 Å². The average Bonchev–Trinajstić information content (AvgIpc) is 2.98. The van der Waals surface area contributed by atoms with E-state index >= 15 is 0 Å². The molecule has 2 fully saturated rings. The van der Waals surface area contributed by atoms with Gasteiger partial charge in [-0.15, -0.1) is 0 Å². The second kappa shape index (κ2) is 13.4. The number of nitrogens with two attached hydrogens (primary N) is 1. The van der Waals surface area contributed by atoms with Crippen molar-refractivity contribution in [1.82, 2.24) is 19.8 Å². The molecule has 0 bridgehead atoms. The van der Waals surface area contributed by atoms with Crippen LogP contribution >= 0.6 is 18.7 Å². The highest BCUT2D eigenvalue weighted by Crippen LogP contribution is 2.39. The molecule has 1 amide bonds. The van der Waals surface area contributed by atoms with E-state index in [0.717, 1.165) is 55.7 Å². The zero-order valence-electron chi connectivity index (χ0n) is 26.7. The molecule has 2 aliphatic rings. The predicted molar refractivity (Wildman–Crippen MR) is 185 cm³/mol. The van der Waals surface area contributed by atoms with Crippen molar-refractivity contribution in [3.8, 4) is 0 Å². The number of amides is 1. The zero-order chi connectivity index (χ0) is 32.4. The van der Waals surface area contributed by atoms with Crippen molar-refractivity contribution in [1.29, 1.82) is 0 Å². The highest BCUT2D eigenvalue weighted by molar-refractivity contribution is 7.70. The number of halogens is 1. The molecule has 1 aromatic heterocycles. The summed E-state index contributed by atoms with van der Waals surface area (Å²) in [6, 6.07) is 13.8. The average molecular weight is 655 g/mol. The molecular weight excluding hydrogens is 611 g/mol. The Morgan fingerprint density at radius 2 is 1.71 bits per heavy atom. The molecule has 2 aromatic carbocycles. The van der Waals surface area contributed by atoms with Gasteiger partial charge in [-0.25, -0.2) is 9.78 Å². The van der Waals surface area contributed by atoms with Crippen molar-refractivity contribution in [2.45, 2.75) is 45.3 Å². The molecule has 0 saturated carbocycles. The molecule has 242 valence electrons. The number of nitrogens with zero attached hydrogens (tertiary/aromatic N) is 5. The number of ether oxygens (including phenoxy) is 1. The van der Waals surface area contributed by atoms with Crippen LogP contribution in [0.25, 0.3) is 0 Å². The van der Waals surface area contributed by atoms with Gasteiger partial charge in [-0.1, -0.05) is 23.7 Å². The van der Waals surface area contributed by atoms with Crippen LogP contribution in [0.1, 0.15) is 33.6 Å². The third-order valence-corrected chi connectivity index (χ3v) is 9.88. The second-order valence-corrected chi connectivity index (χ2v) is 16.6. The number of carbonyl (C=O) groups excluding carboxylic acids is 1. The van der Waals surface area contributed by atoms with Crippen LogP contribution < -0.4 is 26.6 Å². The lowest BCUT2D eigenvalue weighted by molar-refractivity contribution is 0.00902. The molecule has 2 saturated heterocycles. The Kier molecular flexibility index (Phi) is 9.82. The quantitative estimate of drug-likeness (QED) is 0.207. The first-order valence-electron chi connectivity index (χ1n) is 15.3. The molecule has 45 heavy (non-hydrogen) atoms. The first kappa shape index (κ1) is 32.9. The molecule has 0 unspecified atom stereocenters. The third-order valence-electron chi connectivity index (χ3n) is 8.05. The summed E-state index contributed by atoms with van der Waals surface area (Å²) in [7, 11) is -2.52. The van der Waals surface area contributed by atoms with Gasteiger partial charge in [0.25, 0.3) is 0 Å². The number of anilines is 6. The fourth-order valence-corrected chi connectivity index (χ4v) is 7.10. The number of carbonyl (C=O) groups is 1. The minimum atomic E-state index is -2.52. The minimum absolute atomic E-state index is 0.225. The lowest BCUT2D eigenvalue weighted by atomic mass is 10.0. The van der Waals surface area contributed by atoms with E-state index < -0.39 is 12.7 Å². The summed E-state index contributed by atoms with van der Waals surface area (Å²) in [5.74, 6) is 0.768. The van der Waals surface area contributed by atoms with E-state index in [0.29, 0.717) is 47.3 Å². The van der Waals surface area contributed by atoms with Crippen molar-refractivity contribution in [3.63, 3.8) is 0 Å². The molecule has 13 heteroatoms. The predicted octanol–water partition coefficient (Wildman–Crippen LogP) is 5.97. The normalized spacial score (nSPS) is 16.8. The van der Waals surface area contributed by atoms with E-state index in [4.69, 9.17) is 22.1 Å². The minimum Gasteiger partial charge on any atom is -0.444 e. The largest absolute Gasteiger partial charge is 0.444 e. The highest BCUT2D eigenvalue weighted by Gasteiger charge is 2.31. The lowest BCUT2D eigenvalue weighted by Gasteiger charge is -2.43. The van der Waals surface area contributed by atoms with E-state index in [1.807, 2.05) is 68.1 Å². The summed E-state index contributed by atoms with van der Waals surface area (Å²) < 4.78 is 18.3. The van der Waals surface area contributed by atoms with Gasteiger partial charge in [0.05, 0.1) is 23.3 Å². The number of piperidine rings is 1. The summed E-state index contributed by atoms with van der Waals surface area (Å²) in [5.41, 5.74) is 9.20. The summed E-state index contributed by atoms with van der Waals surface area (Å²) in [5, 5.41) is 7.53. The second-order valence-electron chi connectivity index (χ2n) is 13.0. The number of nitrogens with one attached hydrogen (secondary N) is 2. The molecule has 3 aromatic rings. The van der Waals surface area contributed by atoms with Crippen molar-refractivity contribution in [3.05, 3.63) is 53.7 Å². The van der Waals surface area contributed by atoms with Crippen LogP contribution in [0.4, 0.5) is 39.3 Å². The monoisotopic (exact) mass is 654 g/mol. The molecular formula is C32H44ClN8O3P. The van der Waals surface area contributed by atoms with Gasteiger partial charge in [-0.2, -0.15) is 4.98 Å². The maximum absolute atomic E-state index is 12.8. The van der Waals surface area contributed by atoms with E-state index in [2.05, 4.69) is 30.4 Å². The third kappa shape index (κ3) is 8.39. The Labute approximate surface area is 270 Å². The van der Waals surface area contributed by atoms with Crippen LogP contribution in [0.2, 0.25) is 5.02 Å². The Morgan fingerprint density at radius 1 is 1.02 bits per heavy atom. The fraction of sp³-hybridized carbons (Fsp3) is 0.469. The molecule has 3 heterocycles. The van der Waals surface area contributed by atoms with Crippen LogP contribution in [0, 0.1) is 0 Å². The summed E-state index contributed by atoms with van der Waals surface area (Å²) >= 11 is 6.41. The maximum Gasteiger partial charge on any atom is 0.410 e. The number of nitrogen functional groups attached to an aromatic ring is 1. The number of hydrogen-bond acceptors (Lipinski definition) is 10. The SMILES string of the molecule is CC(C)(C)OC(=O)N1CCN(C2CCN(c3ccc(Nc4ncc(Cl)c(Nc5ccccc5P(C)(C)=O)n4)cc3N)CC2)CC1. The van der Waals surface area contributed by atoms with Gasteiger partial charge in [0.2, 0.25) is 5.95 Å². The standard InChI is InChI=1S/C32H44ClN8O3P/c1-32(2,3)44-31(42)41-18-16-39(17-19-41)23-12-14-40(15-13-23)27-11-10-22(20-25(27)34)36-30-35-21-24(33)29(38-30)37-26-8-6-7-9-28(26)45(4,5)43/h6-11,20-21,23H,12-19,34H2,1-5H3,(H2,35,36,37,38). The molecule has 2 aliphatic heterocycles. The van der Waals surface area contributed by atoms with Crippen molar-refractivity contribution >= 4 is 64.7 Å². The molecule has 0 aliphatic carbocycles. The van der Waals surface area contributed by atoms with Gasteiger partial charge in [0, 0.05) is 56.3 Å². The van der Waals surface area contributed by atoms with Crippen LogP contribution in [-0.4, -0.2) is 90.1 Å². The van der Waals surface area contributed by atoms with Gasteiger partial charge >= 0.3 is 6.09 Å². The smallest absolute Gasteiger partial charge is 0.410 e. The van der Waals surface area contributed by atoms with E-state index in [-0.39, 0.29) is 6.09 Å². The molecule has 0 spiro atoms. The molecule has 5 rings (SSSR count). The molecule has 11 nitrogen and oxygen atoms in total. The maximum atomic E-state index is 12.8. The Morgan fingerprint density at radius 3 is 2.36 bits per heavy atom. The Balaban J connectivity index is 1.17. The van der Waals surface area contributed by atoms with E-state index in [9.17, 15) is 9.36 Å². The van der Waals surface area contributed by atoms with Crippen LogP contribution in [-0.2, 0) is 9.30 Å². The highest BCUT2D eigenvalue weighted by atomic mass is 35.5. The Hall–Kier alpha value is -3.53. The number of aromatic nitrogens is 2. The molecule has 0 atom stereocenters. The van der Waals surface area contributed by atoms with Gasteiger partial charge in [-0.3, -0.25) is 4.90 Å². The molecule has 4 N–H and O–H groups in total. The van der Waals surface area contributed by atoms with Gasteiger partial charge < -0.3 is 35.5 Å². The van der Waals surface area contributed by atoms with E-state index in [1.165, 1.54) is 6.20 Å². The van der Waals surface area contributed by atoms with Crippen molar-refractivity contribution < 1.29 is 14.1 Å². The van der Waals surface area contributed by atoms with Gasteiger partial charge in [0.15, 0.2) is 5.82 Å². The van der Waals surface area contributed by atoms with Crippen LogP contribution in [0.3, 0.4) is 0 Å². The van der Waals surface area contributed by atoms with Gasteiger partial charge in [-0.05, 0) is 77.3 Å². The number of piperazine rings is 1. The van der Waals surface area contributed by atoms with Crippen molar-refractivity contribution in [2.75, 3.05) is 73.9 Å². The lowest BCUT2D eigenvalue weighted by Crippen LogP contribution is -2.55. The topological polar surface area (TPSA) is 129 Å². The zero-order valence-corrected chi connectivity index (χ0v) is 28.4. The summed E-state index contributed by atoms with van der Waals surface area (Å²) in [6.07, 6.45) is 3.37. The first-order chi connectivity index (χ1) is 21.3. The van der Waals surface area contributed by atoms with E-state index in [1.54, 1.807) is 13.3 Å². The fourth-order valence-electron chi connectivity index (χ4n) is 5.81. The Bertz CT molecular complexity index is 1560. The number of benzene rings is 2. The summed E-state index contributed by atoms with van der Waals surface area (Å²) in [6.45, 7) is 14.1. The number of para-hydroxylation sites is 1. The number of hydrogen-bond donors (Lipinski definition) is 3. The van der Waals surface area contributed by atoms with Crippen molar-refractivity contribution in [2.24, 2.45) is 0 Å². The van der Waals surface area contributed by atoms with Crippen LogP contribution in [0.15, 0.2) is 48.7 Å². The number of rotatable bonds is 7. The van der Waals surface area contributed by atoms with Gasteiger partial charge in [0.1, 0.15) is 17.8 Å². The molecule has 0 radical (unpaired) electrons. The summed E-state index contributed by atoms with van der Waals surface area (Å²) in [4.78, 5) is 28.0. The first-order valence-corrected chi connectivity index (χ1v) is 18.3.